The van der Waals surface area contributed by atoms with Gasteiger partial charge in [-0.3, -0.25) is 24.2 Å². The van der Waals surface area contributed by atoms with Gasteiger partial charge in [0.2, 0.25) is 18.1 Å². The smallest absolute Gasteiger partial charge is 0.291 e. The molecule has 6 rings (SSSR count). The average Bonchev–Trinajstić information content (AvgIpc) is 3.87. The Kier molecular flexibility index (Phi) is 11.2. The molecule has 51 heavy (non-hydrogen) atoms. The molecule has 0 aliphatic carbocycles. The highest BCUT2D eigenvalue weighted by atomic mass is 32.2. The molecule has 2 aromatic heterocycles. The Labute approximate surface area is 299 Å². The standard InChI is InChI=1S/C36H41N7O7S/c1-23-16-29(48-3)30(19-27(23)37-20-26-6-4-10-43(26)22-44)49-13-5-7-33(45)39-32-21-41(2)34(40-32)35(46)38-25-8-9-28-24(17-25)18-31(50-28)36(47)42-11-14-51-15-12-42/h8-9,16-22,26H,4-7,10-15H2,1-3H3,(H,38,46)(H,39,45). The fourth-order valence-electron chi connectivity index (χ4n) is 6.03. The molecule has 0 bridgehead atoms. The van der Waals surface area contributed by atoms with E-state index in [-0.39, 0.29) is 48.3 Å². The molecule has 1 atom stereocenters. The highest BCUT2D eigenvalue weighted by Crippen LogP contribution is 2.35. The van der Waals surface area contributed by atoms with Gasteiger partial charge in [-0.1, -0.05) is 0 Å². The number of nitrogens with zero attached hydrogens (tertiary/aromatic N) is 5. The van der Waals surface area contributed by atoms with E-state index in [0.29, 0.717) is 53.4 Å². The fourth-order valence-corrected chi connectivity index (χ4v) is 6.93. The number of likely N-dealkylation sites (tertiary alicyclic amines) is 1. The number of aliphatic imine (C=N–C) groups is 1. The van der Waals surface area contributed by atoms with Crippen LogP contribution in [0.5, 0.6) is 11.5 Å². The minimum absolute atomic E-state index is 0.0228. The molecule has 0 radical (unpaired) electrons. The number of hydrogen-bond donors (Lipinski definition) is 2. The number of imidazole rings is 1. The van der Waals surface area contributed by atoms with Crippen LogP contribution in [0, 0.1) is 6.92 Å². The van der Waals surface area contributed by atoms with Crippen LogP contribution in [-0.4, -0.2) is 101 Å². The number of benzene rings is 2. The van der Waals surface area contributed by atoms with Gasteiger partial charge in [-0.25, -0.2) is 4.98 Å². The number of carbonyl (C=O) groups is 4. The molecular weight excluding hydrogens is 675 g/mol. The molecule has 4 heterocycles. The zero-order chi connectivity index (χ0) is 35.9. The maximum atomic E-state index is 13.1. The Bertz CT molecular complexity index is 1950. The second kappa shape index (κ2) is 16.1. The molecule has 2 N–H and O–H groups in total. The lowest BCUT2D eigenvalue weighted by Crippen LogP contribution is -2.37. The number of anilines is 2. The lowest BCUT2D eigenvalue weighted by Gasteiger charge is -2.25. The Morgan fingerprint density at radius 1 is 1.10 bits per heavy atom. The van der Waals surface area contributed by atoms with Gasteiger partial charge in [0.25, 0.3) is 11.8 Å². The van der Waals surface area contributed by atoms with Gasteiger partial charge in [-0.15, -0.1) is 0 Å². The number of nitrogens with one attached hydrogen (secondary N) is 2. The first-order valence-corrected chi connectivity index (χ1v) is 18.0. The van der Waals surface area contributed by atoms with E-state index in [9.17, 15) is 19.2 Å². The van der Waals surface area contributed by atoms with Crippen LogP contribution in [0.15, 0.2) is 52.0 Å². The van der Waals surface area contributed by atoms with Crippen LogP contribution in [0.1, 0.15) is 52.4 Å². The summed E-state index contributed by atoms with van der Waals surface area (Å²) < 4.78 is 18.8. The van der Waals surface area contributed by atoms with Gasteiger partial charge in [-0.05, 0) is 62.1 Å². The number of rotatable bonds is 13. The van der Waals surface area contributed by atoms with E-state index >= 15 is 0 Å². The highest BCUT2D eigenvalue weighted by molar-refractivity contribution is 7.99. The Morgan fingerprint density at radius 2 is 1.92 bits per heavy atom. The van der Waals surface area contributed by atoms with E-state index in [1.165, 1.54) is 4.57 Å². The molecule has 4 amide bonds. The summed E-state index contributed by atoms with van der Waals surface area (Å²) in [6.07, 6.45) is 6.63. The van der Waals surface area contributed by atoms with Crippen LogP contribution < -0.4 is 20.1 Å². The number of furan rings is 1. The summed E-state index contributed by atoms with van der Waals surface area (Å²) in [6.45, 7) is 4.29. The molecular formula is C36H41N7O7S. The zero-order valence-electron chi connectivity index (χ0n) is 28.8. The van der Waals surface area contributed by atoms with Crippen molar-refractivity contribution >= 4 is 70.3 Å². The lowest BCUT2D eigenvalue weighted by molar-refractivity contribution is -0.118. The maximum absolute atomic E-state index is 13.1. The van der Waals surface area contributed by atoms with E-state index in [1.54, 1.807) is 66.7 Å². The first kappa shape index (κ1) is 35.5. The van der Waals surface area contributed by atoms with Crippen molar-refractivity contribution in [3.63, 3.8) is 0 Å². The summed E-state index contributed by atoms with van der Waals surface area (Å²) in [5.74, 6) is 2.63. The van der Waals surface area contributed by atoms with Gasteiger partial charge in [-0.2, -0.15) is 11.8 Å². The molecule has 0 spiro atoms. The summed E-state index contributed by atoms with van der Waals surface area (Å²) in [7, 11) is 3.23. The van der Waals surface area contributed by atoms with Crippen LogP contribution in [-0.2, 0) is 16.6 Å². The van der Waals surface area contributed by atoms with Crippen molar-refractivity contribution in [3.8, 4) is 11.5 Å². The SMILES string of the molecule is COc1cc(C)c(N=CC2CCCN2C=O)cc1OCCCC(=O)Nc1cn(C)c(C(=O)Nc2ccc3oc(C(=O)N4CCSCC4)cc3c2)n1. The first-order chi connectivity index (χ1) is 24.7. The number of aromatic nitrogens is 2. The number of hydrogen-bond acceptors (Lipinski definition) is 10. The normalized spacial score (nSPS) is 16.1. The summed E-state index contributed by atoms with van der Waals surface area (Å²) in [5, 5.41) is 6.28. The van der Waals surface area contributed by atoms with Gasteiger partial charge in [0.05, 0.1) is 25.4 Å². The average molecular weight is 716 g/mol. The van der Waals surface area contributed by atoms with Crippen LogP contribution >= 0.6 is 11.8 Å². The van der Waals surface area contributed by atoms with Crippen LogP contribution in [0.25, 0.3) is 11.0 Å². The number of aryl methyl sites for hydroxylation is 2. The topological polar surface area (TPSA) is 161 Å². The monoisotopic (exact) mass is 715 g/mol. The van der Waals surface area contributed by atoms with Gasteiger partial charge < -0.3 is 38.9 Å². The van der Waals surface area contributed by atoms with E-state index in [2.05, 4.69) is 20.6 Å². The summed E-state index contributed by atoms with van der Waals surface area (Å²) in [4.78, 5) is 62.5. The number of amides is 4. The van der Waals surface area contributed by atoms with Crippen molar-refractivity contribution in [1.82, 2.24) is 19.4 Å². The highest BCUT2D eigenvalue weighted by Gasteiger charge is 2.23. The van der Waals surface area contributed by atoms with Gasteiger partial charge >= 0.3 is 0 Å². The Balaban J connectivity index is 0.999. The van der Waals surface area contributed by atoms with Crippen molar-refractivity contribution in [2.45, 2.75) is 38.6 Å². The first-order valence-electron chi connectivity index (χ1n) is 16.8. The largest absolute Gasteiger partial charge is 0.493 e. The van der Waals surface area contributed by atoms with Gasteiger partial charge in [0.15, 0.2) is 23.1 Å². The van der Waals surface area contributed by atoms with E-state index < -0.39 is 5.91 Å². The third-order valence-corrected chi connectivity index (χ3v) is 9.72. The molecule has 268 valence electrons. The van der Waals surface area contributed by atoms with Crippen molar-refractivity contribution in [2.24, 2.45) is 12.0 Å². The number of thioether (sulfide) groups is 1. The quantitative estimate of drug-likeness (QED) is 0.110. The molecule has 2 aromatic carbocycles. The molecule has 2 fully saturated rings. The molecule has 15 heteroatoms. The second-order valence-corrected chi connectivity index (χ2v) is 13.6. The van der Waals surface area contributed by atoms with Crippen LogP contribution in [0.3, 0.4) is 0 Å². The summed E-state index contributed by atoms with van der Waals surface area (Å²) >= 11 is 1.83. The predicted octanol–water partition coefficient (Wildman–Crippen LogP) is 5.05. The van der Waals surface area contributed by atoms with Crippen molar-refractivity contribution in [3.05, 3.63) is 59.7 Å². The Hall–Kier alpha value is -5.31. The third kappa shape index (κ3) is 8.53. The molecule has 14 nitrogen and oxygen atoms in total. The predicted molar refractivity (Wildman–Crippen MR) is 196 cm³/mol. The number of ether oxygens (including phenoxy) is 2. The van der Waals surface area contributed by atoms with Gasteiger partial charge in [0.1, 0.15) is 5.58 Å². The van der Waals surface area contributed by atoms with Crippen molar-refractivity contribution in [1.29, 1.82) is 0 Å². The molecule has 2 aliphatic rings. The van der Waals surface area contributed by atoms with Gasteiger partial charge in [0, 0.05) is 74.2 Å². The number of carbonyl (C=O) groups excluding carboxylic acids is 4. The summed E-state index contributed by atoms with van der Waals surface area (Å²) in [5.41, 5.74) is 2.68. The van der Waals surface area contributed by atoms with E-state index in [1.807, 2.05) is 24.8 Å². The molecule has 4 aromatic rings. The maximum Gasteiger partial charge on any atom is 0.291 e. The third-order valence-electron chi connectivity index (χ3n) is 8.78. The number of fused-ring (bicyclic) bond motifs is 1. The van der Waals surface area contributed by atoms with E-state index in [4.69, 9.17) is 13.9 Å². The van der Waals surface area contributed by atoms with Crippen LogP contribution in [0.2, 0.25) is 0 Å². The molecule has 2 aliphatic heterocycles. The van der Waals surface area contributed by atoms with Crippen LogP contribution in [0.4, 0.5) is 17.2 Å². The van der Waals surface area contributed by atoms with E-state index in [0.717, 1.165) is 42.9 Å². The fraction of sp³-hybridized carbons (Fsp3) is 0.389. The minimum atomic E-state index is -0.462. The second-order valence-electron chi connectivity index (χ2n) is 12.4. The molecule has 2 saturated heterocycles. The number of methoxy groups -OCH3 is 1. The Morgan fingerprint density at radius 3 is 2.71 bits per heavy atom. The van der Waals surface area contributed by atoms with Crippen molar-refractivity contribution < 1.29 is 33.1 Å². The lowest BCUT2D eigenvalue weighted by atomic mass is 10.1. The van der Waals surface area contributed by atoms with Crippen molar-refractivity contribution in [2.75, 3.05) is 55.5 Å². The minimum Gasteiger partial charge on any atom is -0.493 e. The molecule has 0 saturated carbocycles. The molecule has 1 unspecified atom stereocenters. The zero-order valence-corrected chi connectivity index (χ0v) is 29.7. The summed E-state index contributed by atoms with van der Waals surface area (Å²) in [6, 6.07) is 10.5.